The highest BCUT2D eigenvalue weighted by atomic mass is 35.5. The van der Waals surface area contributed by atoms with E-state index in [1.54, 1.807) is 0 Å². The number of rotatable bonds is 6. The normalized spacial score (nSPS) is 11.1. The van der Waals surface area contributed by atoms with Gasteiger partial charge in [-0.3, -0.25) is 0 Å². The summed E-state index contributed by atoms with van der Waals surface area (Å²) in [4.78, 5) is 20.5. The van der Waals surface area contributed by atoms with Gasteiger partial charge in [-0.1, -0.05) is 17.7 Å². The fourth-order valence-corrected chi connectivity index (χ4v) is 3.34. The number of alkyl halides is 3. The number of aromatic hydroxyl groups is 1. The molecule has 3 N–H and O–H groups in total. The SMILES string of the molecule is COc1cc2c(Oc3ccc(NC(=O)Nc4cccc(OC(F)(F)F)c4)c(Cl)c3)ncnc2cc1O. The molecule has 186 valence electrons. The van der Waals surface area contributed by atoms with Crippen molar-refractivity contribution in [1.29, 1.82) is 0 Å². The van der Waals surface area contributed by atoms with E-state index in [2.05, 4.69) is 25.3 Å². The number of urea groups is 1. The molecule has 9 nitrogen and oxygen atoms in total. The molecule has 2 amide bonds. The highest BCUT2D eigenvalue weighted by molar-refractivity contribution is 6.34. The number of aromatic nitrogens is 2. The lowest BCUT2D eigenvalue weighted by Gasteiger charge is -2.13. The molecule has 1 aromatic heterocycles. The summed E-state index contributed by atoms with van der Waals surface area (Å²) in [7, 11) is 1.40. The van der Waals surface area contributed by atoms with E-state index in [1.807, 2.05) is 0 Å². The van der Waals surface area contributed by atoms with Crippen LogP contribution in [-0.4, -0.2) is 34.6 Å². The second-order valence-corrected chi connectivity index (χ2v) is 7.53. The van der Waals surface area contributed by atoms with Gasteiger partial charge in [-0.2, -0.15) is 0 Å². The topological polar surface area (TPSA) is 115 Å². The van der Waals surface area contributed by atoms with Gasteiger partial charge in [0, 0.05) is 23.9 Å². The van der Waals surface area contributed by atoms with Crippen LogP contribution in [0.3, 0.4) is 0 Å². The number of halogens is 4. The van der Waals surface area contributed by atoms with Crippen molar-refractivity contribution >= 4 is 39.9 Å². The molecule has 0 bridgehead atoms. The van der Waals surface area contributed by atoms with Crippen molar-refractivity contribution in [2.24, 2.45) is 0 Å². The number of hydrogen-bond donors (Lipinski definition) is 3. The number of ether oxygens (including phenoxy) is 3. The van der Waals surface area contributed by atoms with Crippen LogP contribution in [0.2, 0.25) is 5.02 Å². The molecule has 4 rings (SSSR count). The second kappa shape index (κ2) is 10.0. The van der Waals surface area contributed by atoms with Crippen LogP contribution >= 0.6 is 11.6 Å². The molecule has 0 saturated carbocycles. The van der Waals surface area contributed by atoms with E-state index in [-0.39, 0.29) is 39.5 Å². The van der Waals surface area contributed by atoms with Crippen LogP contribution in [0.15, 0.2) is 60.9 Å². The largest absolute Gasteiger partial charge is 0.573 e. The predicted molar refractivity (Wildman–Crippen MR) is 125 cm³/mol. The van der Waals surface area contributed by atoms with E-state index in [0.717, 1.165) is 12.1 Å². The van der Waals surface area contributed by atoms with Crippen molar-refractivity contribution in [2.75, 3.05) is 17.7 Å². The summed E-state index contributed by atoms with van der Waals surface area (Å²) in [5.41, 5.74) is 0.704. The second-order valence-electron chi connectivity index (χ2n) is 7.12. The zero-order chi connectivity index (χ0) is 25.9. The van der Waals surface area contributed by atoms with Crippen molar-refractivity contribution in [3.05, 3.63) is 65.9 Å². The number of hydrogen-bond acceptors (Lipinski definition) is 7. The summed E-state index contributed by atoms with van der Waals surface area (Å²) in [5, 5.41) is 15.4. The number of benzene rings is 3. The lowest BCUT2D eigenvalue weighted by atomic mass is 10.2. The predicted octanol–water partition coefficient (Wildman–Crippen LogP) is 6.33. The Kier molecular flexibility index (Phi) is 6.88. The van der Waals surface area contributed by atoms with Gasteiger partial charge in [-0.25, -0.2) is 14.8 Å². The van der Waals surface area contributed by atoms with E-state index in [9.17, 15) is 23.1 Å². The Balaban J connectivity index is 1.46. The van der Waals surface area contributed by atoms with Crippen LogP contribution in [0, 0.1) is 0 Å². The number of carbonyl (C=O) groups excluding carboxylic acids is 1. The smallest absolute Gasteiger partial charge is 0.504 e. The third-order valence-corrected chi connectivity index (χ3v) is 4.94. The summed E-state index contributed by atoms with van der Waals surface area (Å²) in [6, 6.07) is 11.4. The summed E-state index contributed by atoms with van der Waals surface area (Å²) in [6.45, 7) is 0. The van der Waals surface area contributed by atoms with Crippen molar-refractivity contribution in [2.45, 2.75) is 6.36 Å². The number of fused-ring (bicyclic) bond motifs is 1. The molecular formula is C23H16ClF3N4O5. The number of anilines is 2. The average molecular weight is 521 g/mol. The first kappa shape index (κ1) is 24.7. The summed E-state index contributed by atoms with van der Waals surface area (Å²) in [6.07, 6.45) is -3.59. The minimum atomic E-state index is -4.86. The number of phenols is 1. The molecule has 36 heavy (non-hydrogen) atoms. The Morgan fingerprint density at radius 3 is 2.56 bits per heavy atom. The molecule has 0 aliphatic heterocycles. The third-order valence-electron chi connectivity index (χ3n) is 4.63. The first-order valence-electron chi connectivity index (χ1n) is 10.0. The van der Waals surface area contributed by atoms with Crippen molar-refractivity contribution in [1.82, 2.24) is 9.97 Å². The number of nitrogens with zero attached hydrogens (tertiary/aromatic N) is 2. The van der Waals surface area contributed by atoms with Gasteiger partial charge < -0.3 is 30.0 Å². The highest BCUT2D eigenvalue weighted by Gasteiger charge is 2.31. The maximum absolute atomic E-state index is 12.4. The Labute approximate surface area is 206 Å². The van der Waals surface area contributed by atoms with Gasteiger partial charge in [0.1, 0.15) is 17.8 Å². The monoisotopic (exact) mass is 520 g/mol. The Morgan fingerprint density at radius 1 is 1.03 bits per heavy atom. The van der Waals surface area contributed by atoms with Crippen molar-refractivity contribution < 1.29 is 37.3 Å². The molecule has 4 aromatic rings. The first-order valence-corrected chi connectivity index (χ1v) is 10.4. The van der Waals surface area contributed by atoms with Gasteiger partial charge in [0.05, 0.1) is 28.7 Å². The molecule has 0 spiro atoms. The number of phenolic OH excluding ortho intramolecular Hbond substituents is 1. The quantitative estimate of drug-likeness (QED) is 0.272. The zero-order valence-electron chi connectivity index (χ0n) is 18.3. The first-order chi connectivity index (χ1) is 17.1. The van der Waals surface area contributed by atoms with E-state index < -0.39 is 18.1 Å². The highest BCUT2D eigenvalue weighted by Crippen LogP contribution is 2.36. The molecular weight excluding hydrogens is 505 g/mol. The molecule has 0 fully saturated rings. The fraction of sp³-hybridized carbons (Fsp3) is 0.0870. The van der Waals surface area contributed by atoms with Crippen LogP contribution in [0.5, 0.6) is 28.9 Å². The lowest BCUT2D eigenvalue weighted by Crippen LogP contribution is -2.20. The Bertz CT molecular complexity index is 1440. The molecule has 0 radical (unpaired) electrons. The van der Waals surface area contributed by atoms with Crippen LogP contribution in [0.25, 0.3) is 10.9 Å². The number of methoxy groups -OCH3 is 1. The minimum Gasteiger partial charge on any atom is -0.504 e. The zero-order valence-corrected chi connectivity index (χ0v) is 19.0. The van der Waals surface area contributed by atoms with E-state index in [0.29, 0.717) is 10.9 Å². The summed E-state index contributed by atoms with van der Waals surface area (Å²) >= 11 is 6.27. The van der Waals surface area contributed by atoms with Crippen molar-refractivity contribution in [3.8, 4) is 28.9 Å². The summed E-state index contributed by atoms with van der Waals surface area (Å²) < 4.78 is 51.9. The molecule has 13 heteroatoms. The molecule has 3 aromatic carbocycles. The van der Waals surface area contributed by atoms with Gasteiger partial charge >= 0.3 is 12.4 Å². The maximum atomic E-state index is 12.4. The number of nitrogens with one attached hydrogen (secondary N) is 2. The van der Waals surface area contributed by atoms with E-state index in [4.69, 9.17) is 21.1 Å². The van der Waals surface area contributed by atoms with E-state index >= 15 is 0 Å². The van der Waals surface area contributed by atoms with Crippen LogP contribution in [-0.2, 0) is 0 Å². The van der Waals surface area contributed by atoms with Gasteiger partial charge in [0.15, 0.2) is 11.5 Å². The molecule has 0 aliphatic carbocycles. The van der Waals surface area contributed by atoms with Crippen LogP contribution < -0.4 is 24.8 Å². The maximum Gasteiger partial charge on any atom is 0.573 e. The Hall–Kier alpha value is -4.45. The van der Waals surface area contributed by atoms with Gasteiger partial charge in [-0.05, 0) is 30.3 Å². The Morgan fingerprint density at radius 2 is 1.83 bits per heavy atom. The summed E-state index contributed by atoms with van der Waals surface area (Å²) in [5.74, 6) is 0.0981. The lowest BCUT2D eigenvalue weighted by molar-refractivity contribution is -0.274. The number of carbonyl (C=O) groups is 1. The van der Waals surface area contributed by atoms with Gasteiger partial charge in [0.2, 0.25) is 5.88 Å². The minimum absolute atomic E-state index is 0.0717. The molecule has 0 unspecified atom stereocenters. The van der Waals surface area contributed by atoms with E-state index in [1.165, 1.54) is 55.9 Å². The van der Waals surface area contributed by atoms with Crippen LogP contribution in [0.1, 0.15) is 0 Å². The standard InChI is InChI=1S/C23H16ClF3N4O5/c1-34-20-9-15-18(10-19(20)32)28-11-29-21(15)35-13-5-6-17(16(24)8-13)31-22(33)30-12-3-2-4-14(7-12)36-23(25,26)27/h2-11,32H,1H3,(H2,30,31,33). The van der Waals surface area contributed by atoms with Crippen molar-refractivity contribution in [3.63, 3.8) is 0 Å². The molecule has 1 heterocycles. The molecule has 0 saturated heterocycles. The molecule has 0 atom stereocenters. The van der Waals surface area contributed by atoms with Crippen LogP contribution in [0.4, 0.5) is 29.3 Å². The fourth-order valence-electron chi connectivity index (χ4n) is 3.12. The van der Waals surface area contributed by atoms with Gasteiger partial charge in [-0.15, -0.1) is 13.2 Å². The number of amides is 2. The third kappa shape index (κ3) is 5.96. The molecule has 0 aliphatic rings. The van der Waals surface area contributed by atoms with Gasteiger partial charge in [0.25, 0.3) is 0 Å². The average Bonchev–Trinajstić information content (AvgIpc) is 2.79.